The number of para-hydroxylation sites is 2. The Morgan fingerprint density at radius 1 is 0.240 bits per heavy atom. The maximum atomic E-state index is 2.51. The second kappa shape index (κ2) is 18.6. The normalized spacial score (nSPS) is 11.5. The first-order chi connectivity index (χ1) is 37.2. The number of benzene rings is 12. The van der Waals surface area contributed by atoms with Crippen LogP contribution < -0.4 is 4.90 Å². The Bertz CT molecular complexity index is 4330. The fraction of sp³-hybridized carbons (Fsp3) is 0. The number of aromatic nitrogens is 2. The van der Waals surface area contributed by atoms with Crippen LogP contribution in [-0.2, 0) is 0 Å². The summed E-state index contributed by atoms with van der Waals surface area (Å²) in [6.45, 7) is 0. The molecule has 3 nitrogen and oxygen atoms in total. The molecule has 0 aliphatic rings. The monoisotopic (exact) mass is 955 g/mol. The summed E-state index contributed by atoms with van der Waals surface area (Å²) in [5, 5.41) is 6.03. The predicted octanol–water partition coefficient (Wildman–Crippen LogP) is 19.7. The first-order valence-corrected chi connectivity index (χ1v) is 25.8. The highest BCUT2D eigenvalue weighted by atomic mass is 15.1. The quantitative estimate of drug-likeness (QED) is 0.133. The molecule has 2 aromatic heterocycles. The van der Waals surface area contributed by atoms with E-state index in [4.69, 9.17) is 0 Å². The Labute approximate surface area is 436 Å². The van der Waals surface area contributed by atoms with E-state index in [9.17, 15) is 0 Å². The zero-order valence-electron chi connectivity index (χ0n) is 41.1. The molecule has 2 heterocycles. The van der Waals surface area contributed by atoms with Gasteiger partial charge >= 0.3 is 0 Å². The van der Waals surface area contributed by atoms with Gasteiger partial charge in [-0.05, 0) is 129 Å². The molecule has 0 radical (unpaired) electrons. The Morgan fingerprint density at radius 3 is 1.27 bits per heavy atom. The Balaban J connectivity index is 0.957. The lowest BCUT2D eigenvalue weighted by atomic mass is 9.92. The van der Waals surface area contributed by atoms with Crippen LogP contribution in [0.2, 0.25) is 0 Å². The van der Waals surface area contributed by atoms with Gasteiger partial charge < -0.3 is 14.0 Å². The minimum Gasteiger partial charge on any atom is -0.310 e. The van der Waals surface area contributed by atoms with Crippen LogP contribution in [0.4, 0.5) is 17.1 Å². The van der Waals surface area contributed by atoms with Crippen LogP contribution in [0.25, 0.3) is 111 Å². The number of fused-ring (bicyclic) bond motifs is 6. The number of hydrogen-bond donors (Lipinski definition) is 0. The average Bonchev–Trinajstić information content (AvgIpc) is 4.11. The first-order valence-electron chi connectivity index (χ1n) is 25.8. The van der Waals surface area contributed by atoms with Crippen LogP contribution in [0.5, 0.6) is 0 Å². The molecule has 0 aliphatic heterocycles. The van der Waals surface area contributed by atoms with E-state index in [1.807, 2.05) is 0 Å². The molecule has 0 saturated heterocycles. The van der Waals surface area contributed by atoms with Crippen LogP contribution in [0.1, 0.15) is 0 Å². The second-order valence-corrected chi connectivity index (χ2v) is 19.3. The van der Waals surface area contributed by atoms with Gasteiger partial charge in [0, 0.05) is 55.5 Å². The van der Waals surface area contributed by atoms with E-state index in [2.05, 4.69) is 311 Å². The molecule has 0 saturated carbocycles. The van der Waals surface area contributed by atoms with Crippen LogP contribution in [0, 0.1) is 0 Å². The van der Waals surface area contributed by atoms with E-state index in [1.165, 1.54) is 88.1 Å². The molecule has 352 valence electrons. The lowest BCUT2D eigenvalue weighted by molar-refractivity contribution is 1.14. The SMILES string of the molecule is c1ccc(-c2ccc(N(c3ccc(-c4cc5c(-c6ccccc6)c(-c6ccccc6)n(-c6ccc(-c7ccccc7)cc6)c5c5ccccc45)cc3)c3ccc4c(c3)c3ccccc3n4-c3ccccc3)cc2)cc1. The van der Waals surface area contributed by atoms with Crippen LogP contribution in [0.3, 0.4) is 0 Å². The van der Waals surface area contributed by atoms with Gasteiger partial charge in [0.1, 0.15) is 0 Å². The molecule has 0 spiro atoms. The van der Waals surface area contributed by atoms with Gasteiger partial charge in [0.05, 0.1) is 22.2 Å². The molecule has 0 atom stereocenters. The van der Waals surface area contributed by atoms with Gasteiger partial charge in [-0.15, -0.1) is 0 Å². The summed E-state index contributed by atoms with van der Waals surface area (Å²) < 4.78 is 4.89. The summed E-state index contributed by atoms with van der Waals surface area (Å²) in [6, 6.07) is 108. The summed E-state index contributed by atoms with van der Waals surface area (Å²) in [6.07, 6.45) is 0. The van der Waals surface area contributed by atoms with E-state index < -0.39 is 0 Å². The highest BCUT2D eigenvalue weighted by molar-refractivity contribution is 6.20. The lowest BCUT2D eigenvalue weighted by Crippen LogP contribution is -2.10. The van der Waals surface area contributed by atoms with E-state index in [0.29, 0.717) is 0 Å². The van der Waals surface area contributed by atoms with Crippen molar-refractivity contribution in [3.05, 3.63) is 297 Å². The van der Waals surface area contributed by atoms with Crippen molar-refractivity contribution in [3.63, 3.8) is 0 Å². The number of nitrogens with zero attached hydrogens (tertiary/aromatic N) is 3. The molecular formula is C72H49N3. The summed E-state index contributed by atoms with van der Waals surface area (Å²) in [4.78, 5) is 2.40. The molecule has 0 fully saturated rings. The zero-order chi connectivity index (χ0) is 49.7. The first kappa shape index (κ1) is 43.8. The third-order valence-electron chi connectivity index (χ3n) is 14.9. The largest absolute Gasteiger partial charge is 0.310 e. The van der Waals surface area contributed by atoms with Gasteiger partial charge in [-0.2, -0.15) is 0 Å². The molecule has 3 heteroatoms. The van der Waals surface area contributed by atoms with Crippen molar-refractivity contribution in [2.45, 2.75) is 0 Å². The zero-order valence-corrected chi connectivity index (χ0v) is 41.1. The van der Waals surface area contributed by atoms with E-state index in [0.717, 1.165) is 39.6 Å². The summed E-state index contributed by atoms with van der Waals surface area (Å²) in [5.41, 5.74) is 20.9. The molecule has 75 heavy (non-hydrogen) atoms. The van der Waals surface area contributed by atoms with Crippen molar-refractivity contribution < 1.29 is 0 Å². The van der Waals surface area contributed by atoms with Crippen LogP contribution in [0.15, 0.2) is 297 Å². The van der Waals surface area contributed by atoms with Gasteiger partial charge in [-0.3, -0.25) is 0 Å². The van der Waals surface area contributed by atoms with E-state index in [1.54, 1.807) is 0 Å². The summed E-state index contributed by atoms with van der Waals surface area (Å²) in [5.74, 6) is 0. The predicted molar refractivity (Wildman–Crippen MR) is 317 cm³/mol. The smallest absolute Gasteiger partial charge is 0.0620 e. The van der Waals surface area contributed by atoms with Gasteiger partial charge in [0.15, 0.2) is 0 Å². The van der Waals surface area contributed by atoms with E-state index in [-0.39, 0.29) is 0 Å². The van der Waals surface area contributed by atoms with Crippen molar-refractivity contribution in [1.82, 2.24) is 9.13 Å². The number of hydrogen-bond acceptors (Lipinski definition) is 1. The lowest BCUT2D eigenvalue weighted by Gasteiger charge is -2.26. The standard InChI is InChI=1S/C72H49N3/c1-6-20-50(21-7-1)52-34-40-58(41-35-52)73(61-46-47-69-66(48-61)63-31-18-19-33-68(63)74(69)57-28-14-5-15-29-57)59-44-38-54(39-45-59)65-49-67-70(55-24-10-3-11-25-55)71(56-26-12-4-13-27-56)75(72(67)64-32-17-16-30-62(64)65)60-42-36-53(37-43-60)51-22-8-2-9-23-51/h1-49H. The van der Waals surface area contributed by atoms with Gasteiger partial charge in [0.2, 0.25) is 0 Å². The Hall–Kier alpha value is -9.96. The Kier molecular flexibility index (Phi) is 10.8. The van der Waals surface area contributed by atoms with Crippen molar-refractivity contribution in [3.8, 4) is 67.1 Å². The highest BCUT2D eigenvalue weighted by Crippen LogP contribution is 2.48. The fourth-order valence-electron chi connectivity index (χ4n) is 11.5. The summed E-state index contributed by atoms with van der Waals surface area (Å²) >= 11 is 0. The molecule has 14 rings (SSSR count). The highest BCUT2D eigenvalue weighted by Gasteiger charge is 2.25. The minimum atomic E-state index is 1.07. The van der Waals surface area contributed by atoms with Crippen LogP contribution >= 0.6 is 0 Å². The second-order valence-electron chi connectivity index (χ2n) is 19.3. The minimum absolute atomic E-state index is 1.07. The molecule has 0 aliphatic carbocycles. The fourth-order valence-corrected chi connectivity index (χ4v) is 11.5. The molecule has 0 unspecified atom stereocenters. The molecule has 12 aromatic carbocycles. The number of anilines is 3. The number of rotatable bonds is 10. The topological polar surface area (TPSA) is 13.1 Å². The van der Waals surface area contributed by atoms with Crippen molar-refractivity contribution in [2.75, 3.05) is 4.90 Å². The molecule has 14 aromatic rings. The van der Waals surface area contributed by atoms with Crippen molar-refractivity contribution in [2.24, 2.45) is 0 Å². The van der Waals surface area contributed by atoms with Gasteiger partial charge in [-0.25, -0.2) is 0 Å². The molecule has 0 amide bonds. The van der Waals surface area contributed by atoms with Gasteiger partial charge in [-0.1, -0.05) is 218 Å². The Morgan fingerprint density at radius 2 is 0.667 bits per heavy atom. The maximum Gasteiger partial charge on any atom is 0.0620 e. The third kappa shape index (κ3) is 7.69. The van der Waals surface area contributed by atoms with Gasteiger partial charge in [0.25, 0.3) is 0 Å². The average molecular weight is 956 g/mol. The van der Waals surface area contributed by atoms with Crippen molar-refractivity contribution >= 4 is 60.5 Å². The summed E-state index contributed by atoms with van der Waals surface area (Å²) in [7, 11) is 0. The molecular weight excluding hydrogens is 907 g/mol. The van der Waals surface area contributed by atoms with E-state index >= 15 is 0 Å². The molecule has 0 bridgehead atoms. The molecule has 0 N–H and O–H groups in total. The third-order valence-corrected chi connectivity index (χ3v) is 14.9. The maximum absolute atomic E-state index is 2.51. The van der Waals surface area contributed by atoms with Crippen molar-refractivity contribution in [1.29, 1.82) is 0 Å². The van der Waals surface area contributed by atoms with Crippen LogP contribution in [-0.4, -0.2) is 9.13 Å².